The Morgan fingerprint density at radius 3 is 0.949 bits per heavy atom. The van der Waals surface area contributed by atoms with Crippen LogP contribution in [0.4, 0.5) is 0 Å². The van der Waals surface area contributed by atoms with E-state index in [1.165, 1.54) is 289 Å². The summed E-state index contributed by atoms with van der Waals surface area (Å²) in [6.45, 7) is 1.81. The van der Waals surface area contributed by atoms with Gasteiger partial charge in [0.2, 0.25) is 5.91 Å². The molecule has 0 bridgehead atoms. The second-order valence-electron chi connectivity index (χ2n) is 30.0. The number of hydrogen-bond donors (Lipinski definition) is 12. The maximum atomic E-state index is 13.5. The number of unbranched alkanes of at least 4 members (excludes halogenated alkanes) is 51. The van der Waals surface area contributed by atoms with Gasteiger partial charge in [-0.3, -0.25) is 4.79 Å². The van der Waals surface area contributed by atoms with E-state index in [9.17, 15) is 61.0 Å². The van der Waals surface area contributed by atoms with E-state index < -0.39 is 124 Å². The van der Waals surface area contributed by atoms with E-state index in [0.717, 1.165) is 44.9 Å². The number of rotatable bonds is 67. The lowest BCUT2D eigenvalue weighted by Gasteiger charge is -2.48. The van der Waals surface area contributed by atoms with Crippen molar-refractivity contribution in [2.75, 3.05) is 26.4 Å². The summed E-state index contributed by atoms with van der Waals surface area (Å²) in [6, 6.07) is -0.970. The average molecular weight is 1420 g/mol. The Hall–Kier alpha value is -1.47. The van der Waals surface area contributed by atoms with Crippen LogP contribution in [0.3, 0.4) is 0 Å². The van der Waals surface area contributed by atoms with E-state index in [-0.39, 0.29) is 18.9 Å². The molecule has 3 heterocycles. The second kappa shape index (κ2) is 61.7. The van der Waals surface area contributed by atoms with Gasteiger partial charge < -0.3 is 89.9 Å². The van der Waals surface area contributed by atoms with Gasteiger partial charge in [0, 0.05) is 6.42 Å². The summed E-state index contributed by atoms with van der Waals surface area (Å²) in [6.07, 6.45) is 46.4. The highest BCUT2D eigenvalue weighted by molar-refractivity contribution is 5.76. The molecule has 12 N–H and O–H groups in total. The van der Waals surface area contributed by atoms with Gasteiger partial charge in [-0.05, 0) is 19.3 Å². The third-order valence-electron chi connectivity index (χ3n) is 21.1. The number of ether oxygens (including phenoxy) is 6. The zero-order chi connectivity index (χ0) is 71.8. The molecule has 19 heteroatoms. The Balaban J connectivity index is 1.35. The SMILES string of the molecule is CCCCCCCCCCCCCCCCCCCCCCCCCCCCCCCCC/C=C/C(O)C(COC1OC(CO)C(OC2OC(CO)C(OC3OC(CO)C(O)C(O)C3O)C(O)C2O)C(O)C1O)NC(=O)CCCCCCCCCCCCCCCCCCCCCCC. The number of carbonyl (C=O) groups excluding carboxylic acids is 1. The van der Waals surface area contributed by atoms with E-state index >= 15 is 0 Å². The van der Waals surface area contributed by atoms with E-state index in [0.29, 0.717) is 6.42 Å². The van der Waals surface area contributed by atoms with Gasteiger partial charge in [-0.1, -0.05) is 347 Å². The first-order valence-electron chi connectivity index (χ1n) is 41.4. The van der Waals surface area contributed by atoms with Gasteiger partial charge >= 0.3 is 0 Å². The zero-order valence-corrected chi connectivity index (χ0v) is 62.8. The Labute approximate surface area is 601 Å². The van der Waals surface area contributed by atoms with Crippen molar-refractivity contribution in [2.24, 2.45) is 0 Å². The molecule has 0 aromatic heterocycles. The lowest BCUT2D eigenvalue weighted by atomic mass is 9.96. The average Bonchev–Trinajstić information content (AvgIpc) is 0.783. The monoisotopic (exact) mass is 1420 g/mol. The van der Waals surface area contributed by atoms with Crippen molar-refractivity contribution in [3.8, 4) is 0 Å². The molecule has 3 saturated heterocycles. The smallest absolute Gasteiger partial charge is 0.220 e. The molecule has 3 aliphatic rings. The molecule has 0 spiro atoms. The van der Waals surface area contributed by atoms with Crippen LogP contribution in [0, 0.1) is 0 Å². The summed E-state index contributed by atoms with van der Waals surface area (Å²) in [5.41, 5.74) is 0. The second-order valence-corrected chi connectivity index (χ2v) is 30.0. The number of carbonyl (C=O) groups is 1. The molecule has 3 aliphatic heterocycles. The number of hydrogen-bond acceptors (Lipinski definition) is 18. The first-order chi connectivity index (χ1) is 48.3. The Morgan fingerprint density at radius 1 is 0.354 bits per heavy atom. The summed E-state index contributed by atoms with van der Waals surface area (Å²) in [5.74, 6) is -0.267. The van der Waals surface area contributed by atoms with E-state index in [1.54, 1.807) is 6.08 Å². The molecule has 0 aliphatic carbocycles. The van der Waals surface area contributed by atoms with E-state index in [4.69, 9.17) is 28.4 Å². The number of nitrogens with one attached hydrogen (secondary N) is 1. The van der Waals surface area contributed by atoms with Crippen molar-refractivity contribution in [1.82, 2.24) is 5.32 Å². The van der Waals surface area contributed by atoms with E-state index in [1.807, 2.05) is 6.08 Å². The Bertz CT molecular complexity index is 1840. The molecule has 0 radical (unpaired) electrons. The number of allylic oxidation sites excluding steroid dienone is 1. The normalized spacial score (nSPS) is 26.6. The molecule has 17 unspecified atom stereocenters. The predicted octanol–water partition coefficient (Wildman–Crippen LogP) is 14.0. The maximum Gasteiger partial charge on any atom is 0.220 e. The van der Waals surface area contributed by atoms with Gasteiger partial charge in [0.1, 0.15) is 73.2 Å². The zero-order valence-electron chi connectivity index (χ0n) is 62.8. The van der Waals surface area contributed by atoms with Crippen LogP contribution in [0.2, 0.25) is 0 Å². The van der Waals surface area contributed by atoms with Crippen LogP contribution in [0.1, 0.15) is 361 Å². The number of amides is 1. The molecule has 3 fully saturated rings. The fourth-order valence-electron chi connectivity index (χ4n) is 14.4. The van der Waals surface area contributed by atoms with E-state index in [2.05, 4.69) is 19.2 Å². The van der Waals surface area contributed by atoms with Crippen molar-refractivity contribution in [3.63, 3.8) is 0 Å². The highest BCUT2D eigenvalue weighted by Gasteiger charge is 2.54. The summed E-state index contributed by atoms with van der Waals surface area (Å²) in [7, 11) is 0. The Kier molecular flexibility index (Phi) is 57.1. The van der Waals surface area contributed by atoms with Crippen LogP contribution in [-0.2, 0) is 33.2 Å². The lowest BCUT2D eigenvalue weighted by Crippen LogP contribution is -2.66. The summed E-state index contributed by atoms with van der Waals surface area (Å²) in [4.78, 5) is 13.5. The molecule has 3 rings (SSSR count). The minimum absolute atomic E-state index is 0.250. The van der Waals surface area contributed by atoms with Crippen LogP contribution in [0.25, 0.3) is 0 Å². The van der Waals surface area contributed by atoms with Gasteiger partial charge in [-0.2, -0.15) is 0 Å². The molecule has 0 aromatic rings. The first kappa shape index (κ1) is 91.7. The van der Waals surface area contributed by atoms with Crippen molar-refractivity contribution < 1.29 is 89.4 Å². The van der Waals surface area contributed by atoms with Crippen LogP contribution < -0.4 is 5.32 Å². The highest BCUT2D eigenvalue weighted by Crippen LogP contribution is 2.33. The lowest BCUT2D eigenvalue weighted by molar-refractivity contribution is -0.379. The standard InChI is InChI=1S/C80H153NO18/c1-3-5-7-9-11-13-15-17-19-21-23-25-26-27-28-29-30-31-32-33-34-35-36-38-39-41-43-45-47-49-51-53-55-57-64(85)63(81-68(86)58-56-54-52-50-48-46-44-42-40-37-24-22-20-18-16-14-12-10-8-6-4-2)62-94-78-74(92)71(89)76(66(60-83)96-78)99-80-75(93)72(90)77(67(61-84)97-80)98-79-73(91)70(88)69(87)65(59-82)95-79/h55,57,63-67,69-80,82-85,87-93H,3-54,56,58-62H2,1-2H3,(H,81,86)/b57-55+. The first-order valence-corrected chi connectivity index (χ1v) is 41.4. The summed E-state index contributed by atoms with van der Waals surface area (Å²) < 4.78 is 34.5. The third-order valence-corrected chi connectivity index (χ3v) is 21.1. The topological polar surface area (TPSA) is 307 Å². The molecular weight excluding hydrogens is 1260 g/mol. The largest absolute Gasteiger partial charge is 0.394 e. The summed E-state index contributed by atoms with van der Waals surface area (Å²) >= 11 is 0. The summed E-state index contributed by atoms with van der Waals surface area (Å²) in [5, 5.41) is 121. The minimum Gasteiger partial charge on any atom is -0.394 e. The van der Waals surface area contributed by atoms with Crippen LogP contribution >= 0.6 is 0 Å². The van der Waals surface area contributed by atoms with Gasteiger partial charge in [0.15, 0.2) is 18.9 Å². The van der Waals surface area contributed by atoms with Crippen molar-refractivity contribution >= 4 is 5.91 Å². The van der Waals surface area contributed by atoms with Gasteiger partial charge in [0.05, 0.1) is 38.6 Å². The van der Waals surface area contributed by atoms with Crippen molar-refractivity contribution in [1.29, 1.82) is 0 Å². The van der Waals surface area contributed by atoms with Crippen LogP contribution in [0.5, 0.6) is 0 Å². The molecule has 99 heavy (non-hydrogen) atoms. The molecular formula is C80H153NO18. The fraction of sp³-hybridized carbons (Fsp3) is 0.963. The maximum absolute atomic E-state index is 13.5. The third kappa shape index (κ3) is 41.9. The minimum atomic E-state index is -1.98. The Morgan fingerprint density at radius 2 is 0.626 bits per heavy atom. The van der Waals surface area contributed by atoms with Gasteiger partial charge in [-0.15, -0.1) is 0 Å². The van der Waals surface area contributed by atoms with Crippen LogP contribution in [0.15, 0.2) is 12.2 Å². The van der Waals surface area contributed by atoms with Gasteiger partial charge in [0.25, 0.3) is 0 Å². The van der Waals surface area contributed by atoms with Crippen LogP contribution in [-0.4, -0.2) is 193 Å². The molecule has 19 nitrogen and oxygen atoms in total. The van der Waals surface area contributed by atoms with Crippen molar-refractivity contribution in [2.45, 2.75) is 465 Å². The predicted molar refractivity (Wildman–Crippen MR) is 393 cm³/mol. The molecule has 586 valence electrons. The van der Waals surface area contributed by atoms with Gasteiger partial charge in [-0.25, -0.2) is 0 Å². The molecule has 1 amide bonds. The fourth-order valence-corrected chi connectivity index (χ4v) is 14.4. The van der Waals surface area contributed by atoms with Crippen molar-refractivity contribution in [3.05, 3.63) is 12.2 Å². The molecule has 17 atom stereocenters. The number of aliphatic hydroxyl groups excluding tert-OH is 11. The molecule has 0 aromatic carbocycles. The quantitative estimate of drug-likeness (QED) is 0.0199. The highest BCUT2D eigenvalue weighted by atomic mass is 16.8. The molecule has 0 saturated carbocycles. The number of aliphatic hydroxyl groups is 11.